The quantitative estimate of drug-likeness (QED) is 0.199. The average molecular weight is 604 g/mol. The first kappa shape index (κ1) is 30.3. The third-order valence-corrected chi connectivity index (χ3v) is 8.37. The van der Waals surface area contributed by atoms with Gasteiger partial charge in [-0.2, -0.15) is 0 Å². The predicted molar refractivity (Wildman–Crippen MR) is 173 cm³/mol. The zero-order chi connectivity index (χ0) is 31.2. The number of ether oxygens (including phenoxy) is 3. The van der Waals surface area contributed by atoms with Crippen LogP contribution in [0.1, 0.15) is 40.5 Å². The molecule has 1 saturated heterocycles. The second kappa shape index (κ2) is 13.5. The molecule has 8 nitrogen and oxygen atoms in total. The van der Waals surface area contributed by atoms with Crippen molar-refractivity contribution in [3.8, 4) is 5.75 Å². The van der Waals surface area contributed by atoms with Crippen molar-refractivity contribution >= 4 is 0 Å². The van der Waals surface area contributed by atoms with Gasteiger partial charge in [0.05, 0.1) is 25.9 Å². The van der Waals surface area contributed by atoms with Crippen molar-refractivity contribution in [2.45, 2.75) is 43.9 Å². The van der Waals surface area contributed by atoms with E-state index in [0.29, 0.717) is 18.5 Å². The standard InChI is InChI=1S/C37H37N3O5/c1-26-24-40(36(42)39-34(26)41)35-33(38-23-27-12-6-3-7-13-27)22-32(45-35)25-44-37(28-14-8-4-9-15-28,29-16-10-5-11-17-29)30-18-20-31(43-2)21-19-30/h3-21,24,32-33,35,38H,22-23,25H2,1-2H3,(H,39,41,42)/t32-,33+,35+/m0/s1. The Kier molecular flexibility index (Phi) is 9.07. The molecule has 4 aromatic carbocycles. The highest BCUT2D eigenvalue weighted by molar-refractivity contribution is 5.48. The number of nitrogens with zero attached hydrogens (tertiary/aromatic N) is 1. The Morgan fingerprint density at radius 2 is 1.42 bits per heavy atom. The molecule has 1 aliphatic heterocycles. The van der Waals surface area contributed by atoms with Gasteiger partial charge in [0.15, 0.2) is 6.23 Å². The summed E-state index contributed by atoms with van der Waals surface area (Å²) in [6, 6.07) is 38.1. The normalized spacial score (nSPS) is 18.1. The fourth-order valence-electron chi connectivity index (χ4n) is 6.06. The monoisotopic (exact) mass is 603 g/mol. The van der Waals surface area contributed by atoms with E-state index in [1.165, 1.54) is 4.57 Å². The lowest BCUT2D eigenvalue weighted by molar-refractivity contribution is -0.0795. The van der Waals surface area contributed by atoms with E-state index in [1.807, 2.05) is 78.9 Å². The summed E-state index contributed by atoms with van der Waals surface area (Å²) in [7, 11) is 1.65. The summed E-state index contributed by atoms with van der Waals surface area (Å²) in [6.07, 6.45) is 1.16. The van der Waals surface area contributed by atoms with Crippen LogP contribution >= 0.6 is 0 Å². The number of aromatic amines is 1. The molecule has 0 radical (unpaired) electrons. The van der Waals surface area contributed by atoms with Crippen molar-refractivity contribution in [1.29, 1.82) is 0 Å². The van der Waals surface area contributed by atoms with E-state index in [9.17, 15) is 9.59 Å². The first-order valence-corrected chi connectivity index (χ1v) is 15.1. The van der Waals surface area contributed by atoms with Crippen LogP contribution in [0.2, 0.25) is 0 Å². The van der Waals surface area contributed by atoms with Gasteiger partial charge in [-0.3, -0.25) is 14.3 Å². The van der Waals surface area contributed by atoms with Crippen LogP contribution in [0.15, 0.2) is 131 Å². The number of rotatable bonds is 11. The zero-order valence-corrected chi connectivity index (χ0v) is 25.4. The van der Waals surface area contributed by atoms with Crippen molar-refractivity contribution in [2.24, 2.45) is 0 Å². The molecule has 0 bridgehead atoms. The van der Waals surface area contributed by atoms with Gasteiger partial charge in [-0.1, -0.05) is 103 Å². The van der Waals surface area contributed by atoms with Crippen molar-refractivity contribution in [1.82, 2.24) is 14.9 Å². The lowest BCUT2D eigenvalue weighted by Gasteiger charge is -2.36. The van der Waals surface area contributed by atoms with Crippen molar-refractivity contribution < 1.29 is 14.2 Å². The number of aryl methyl sites for hydroxylation is 1. The number of hydrogen-bond acceptors (Lipinski definition) is 6. The van der Waals surface area contributed by atoms with E-state index in [1.54, 1.807) is 20.2 Å². The van der Waals surface area contributed by atoms with E-state index in [2.05, 4.69) is 46.7 Å². The van der Waals surface area contributed by atoms with Gasteiger partial charge in [-0.05, 0) is 47.7 Å². The summed E-state index contributed by atoms with van der Waals surface area (Å²) >= 11 is 0. The number of benzene rings is 4. The predicted octanol–water partition coefficient (Wildman–Crippen LogP) is 5.31. The smallest absolute Gasteiger partial charge is 0.330 e. The van der Waals surface area contributed by atoms with Crippen LogP contribution in [0.5, 0.6) is 5.75 Å². The Balaban J connectivity index is 1.35. The highest BCUT2D eigenvalue weighted by Crippen LogP contribution is 2.42. The maximum atomic E-state index is 13.0. The third kappa shape index (κ3) is 6.40. The van der Waals surface area contributed by atoms with E-state index in [4.69, 9.17) is 14.2 Å². The van der Waals surface area contributed by atoms with E-state index < -0.39 is 23.1 Å². The molecule has 2 heterocycles. The summed E-state index contributed by atoms with van der Waals surface area (Å²) in [5.41, 5.74) is 2.58. The minimum absolute atomic E-state index is 0.217. The Morgan fingerprint density at radius 3 is 2.02 bits per heavy atom. The molecule has 0 amide bonds. The molecular formula is C37H37N3O5. The largest absolute Gasteiger partial charge is 0.497 e. The van der Waals surface area contributed by atoms with Crippen molar-refractivity contribution in [2.75, 3.05) is 13.7 Å². The lowest BCUT2D eigenvalue weighted by Crippen LogP contribution is -2.41. The molecule has 1 aliphatic rings. The molecule has 3 atom stereocenters. The molecule has 1 fully saturated rings. The Labute approximate surface area is 262 Å². The highest BCUT2D eigenvalue weighted by atomic mass is 16.6. The average Bonchev–Trinajstić information content (AvgIpc) is 3.50. The summed E-state index contributed by atoms with van der Waals surface area (Å²) in [5, 5.41) is 3.60. The first-order chi connectivity index (χ1) is 22.0. The van der Waals surface area contributed by atoms with E-state index in [0.717, 1.165) is 28.0 Å². The number of H-pyrrole nitrogens is 1. The third-order valence-electron chi connectivity index (χ3n) is 8.37. The van der Waals surface area contributed by atoms with Gasteiger partial charge in [-0.15, -0.1) is 0 Å². The van der Waals surface area contributed by atoms with Crippen LogP contribution in [0, 0.1) is 6.92 Å². The minimum atomic E-state index is -0.950. The summed E-state index contributed by atoms with van der Waals surface area (Å²) in [6.45, 7) is 2.52. The van der Waals surface area contributed by atoms with Gasteiger partial charge in [0, 0.05) is 18.3 Å². The van der Waals surface area contributed by atoms with E-state index >= 15 is 0 Å². The number of nitrogens with one attached hydrogen (secondary N) is 2. The summed E-state index contributed by atoms with van der Waals surface area (Å²) < 4.78 is 20.6. The number of aromatic nitrogens is 2. The molecule has 6 rings (SSSR count). The van der Waals surface area contributed by atoms with Gasteiger partial charge in [0.2, 0.25) is 0 Å². The van der Waals surface area contributed by atoms with E-state index in [-0.39, 0.29) is 18.8 Å². The molecule has 45 heavy (non-hydrogen) atoms. The molecule has 0 spiro atoms. The molecule has 2 N–H and O–H groups in total. The molecule has 0 aliphatic carbocycles. The van der Waals surface area contributed by atoms with Gasteiger partial charge < -0.3 is 19.5 Å². The van der Waals surface area contributed by atoms with Crippen molar-refractivity contribution in [3.05, 3.63) is 170 Å². The zero-order valence-electron chi connectivity index (χ0n) is 25.4. The minimum Gasteiger partial charge on any atom is -0.497 e. The SMILES string of the molecule is COc1ccc(C(OC[C@@H]2C[C@@H](NCc3ccccc3)[C@H](n3cc(C)c(=O)[nH]c3=O)O2)(c2ccccc2)c2ccccc2)cc1. The van der Waals surface area contributed by atoms with Gasteiger partial charge in [-0.25, -0.2) is 4.79 Å². The Hall–Kier alpha value is -4.76. The molecular weight excluding hydrogens is 566 g/mol. The molecule has 230 valence electrons. The second-order valence-corrected chi connectivity index (χ2v) is 11.3. The Bertz CT molecular complexity index is 1770. The Morgan fingerprint density at radius 1 is 0.844 bits per heavy atom. The van der Waals surface area contributed by atoms with Crippen LogP contribution < -0.4 is 21.3 Å². The van der Waals surface area contributed by atoms with Gasteiger partial charge in [0.1, 0.15) is 11.4 Å². The topological polar surface area (TPSA) is 94.6 Å². The molecule has 8 heteroatoms. The second-order valence-electron chi connectivity index (χ2n) is 11.3. The fourth-order valence-corrected chi connectivity index (χ4v) is 6.06. The number of hydrogen-bond donors (Lipinski definition) is 2. The van der Waals surface area contributed by atoms with Crippen LogP contribution in [0.3, 0.4) is 0 Å². The fraction of sp³-hybridized carbons (Fsp3) is 0.243. The maximum Gasteiger partial charge on any atom is 0.330 e. The maximum absolute atomic E-state index is 13.0. The van der Waals surface area contributed by atoms with Gasteiger partial charge in [0.25, 0.3) is 5.56 Å². The molecule has 0 unspecified atom stereocenters. The lowest BCUT2D eigenvalue weighted by atomic mass is 9.80. The van der Waals surface area contributed by atoms with Crippen LogP contribution in [-0.2, 0) is 21.6 Å². The highest BCUT2D eigenvalue weighted by Gasteiger charge is 2.42. The van der Waals surface area contributed by atoms with Gasteiger partial charge >= 0.3 is 5.69 Å². The van der Waals surface area contributed by atoms with Crippen LogP contribution in [-0.4, -0.2) is 35.4 Å². The first-order valence-electron chi connectivity index (χ1n) is 15.1. The number of methoxy groups -OCH3 is 1. The molecule has 0 saturated carbocycles. The van der Waals surface area contributed by atoms with Crippen molar-refractivity contribution in [3.63, 3.8) is 0 Å². The molecule has 5 aromatic rings. The molecule has 1 aromatic heterocycles. The van der Waals surface area contributed by atoms with Crippen LogP contribution in [0.25, 0.3) is 0 Å². The van der Waals surface area contributed by atoms with Crippen LogP contribution in [0.4, 0.5) is 0 Å². The summed E-state index contributed by atoms with van der Waals surface area (Å²) in [5.74, 6) is 0.754. The summed E-state index contributed by atoms with van der Waals surface area (Å²) in [4.78, 5) is 27.6.